The van der Waals surface area contributed by atoms with Crippen LogP contribution in [-0.2, 0) is 14.6 Å². The Hall–Kier alpha value is -3.36. The molecule has 0 saturated carbocycles. The molecule has 192 valence electrons. The van der Waals surface area contributed by atoms with Gasteiger partial charge in [-0.1, -0.05) is 60.1 Å². The van der Waals surface area contributed by atoms with Crippen molar-refractivity contribution in [3.63, 3.8) is 0 Å². The summed E-state index contributed by atoms with van der Waals surface area (Å²) in [5.74, 6) is -0.373. The summed E-state index contributed by atoms with van der Waals surface area (Å²) in [6.07, 6.45) is 4.03. The highest BCUT2D eigenvalue weighted by molar-refractivity contribution is 9.10. The van der Waals surface area contributed by atoms with Gasteiger partial charge in [-0.05, 0) is 65.7 Å². The van der Waals surface area contributed by atoms with E-state index in [0.717, 1.165) is 32.9 Å². The van der Waals surface area contributed by atoms with E-state index in [1.807, 2.05) is 61.5 Å². The molecule has 0 fully saturated rings. The third-order valence-corrected chi connectivity index (χ3v) is 7.19. The van der Waals surface area contributed by atoms with Gasteiger partial charge in [0.15, 0.2) is 9.84 Å². The summed E-state index contributed by atoms with van der Waals surface area (Å²) in [6, 6.07) is 23.8. The average Bonchev–Trinajstić information content (AvgIpc) is 2.91. The number of halogens is 1. The third kappa shape index (κ3) is 7.57. The van der Waals surface area contributed by atoms with E-state index in [1.165, 1.54) is 11.2 Å². The summed E-state index contributed by atoms with van der Waals surface area (Å²) in [7, 11) is -3.12. The third-order valence-electron chi connectivity index (χ3n) is 5.59. The zero-order chi connectivity index (χ0) is 27.0. The number of benzene rings is 3. The first-order valence-corrected chi connectivity index (χ1v) is 14.6. The van der Waals surface area contributed by atoms with Crippen molar-refractivity contribution >= 4 is 48.4 Å². The smallest absolute Gasteiger partial charge is 0.260 e. The molecular weight excluding hydrogens is 552 g/mol. The van der Waals surface area contributed by atoms with Gasteiger partial charge in [0.2, 0.25) is 5.91 Å². The molecule has 0 aliphatic rings. The molecule has 0 aliphatic carbocycles. The Balaban J connectivity index is 0.000000220. The average molecular weight is 582 g/mol. The monoisotopic (exact) mass is 580 g/mol. The molecule has 1 aromatic heterocycles. The van der Waals surface area contributed by atoms with Crippen molar-refractivity contribution in [2.24, 2.45) is 0 Å². The van der Waals surface area contributed by atoms with E-state index in [0.29, 0.717) is 23.4 Å². The molecule has 0 aliphatic heterocycles. The number of sulfone groups is 1. The quantitative estimate of drug-likeness (QED) is 0.258. The maximum Gasteiger partial charge on any atom is 0.260 e. The Bertz CT molecular complexity index is 1490. The number of carbonyl (C=O) groups is 2. The summed E-state index contributed by atoms with van der Waals surface area (Å²) in [5, 5.41) is 1.96. The van der Waals surface area contributed by atoms with Gasteiger partial charge in [0.1, 0.15) is 0 Å². The van der Waals surface area contributed by atoms with Crippen molar-refractivity contribution in [2.45, 2.75) is 31.6 Å². The number of carbonyl (C=O) groups excluding carboxylic acids is 2. The van der Waals surface area contributed by atoms with Gasteiger partial charge in [0.05, 0.1) is 10.6 Å². The molecule has 3 aromatic carbocycles. The summed E-state index contributed by atoms with van der Waals surface area (Å²) in [5.41, 5.74) is 2.33. The zero-order valence-corrected chi connectivity index (χ0v) is 23.4. The van der Waals surface area contributed by atoms with E-state index in [4.69, 9.17) is 0 Å². The van der Waals surface area contributed by atoms with Crippen LogP contribution in [0.4, 0.5) is 0 Å². The maximum atomic E-state index is 12.5. The minimum absolute atomic E-state index is 0.138. The lowest BCUT2D eigenvalue weighted by molar-refractivity contribution is -0.128. The molecule has 37 heavy (non-hydrogen) atoms. The minimum atomic E-state index is -3.12. The van der Waals surface area contributed by atoms with Gasteiger partial charge in [-0.15, -0.1) is 0 Å². The molecule has 0 unspecified atom stereocenters. The Morgan fingerprint density at radius 1 is 0.892 bits per heavy atom. The highest BCUT2D eigenvalue weighted by Gasteiger charge is 2.20. The highest BCUT2D eigenvalue weighted by atomic mass is 79.9. The number of hydrogen-bond acceptors (Lipinski definition) is 5. The molecule has 0 radical (unpaired) electrons. The topological polar surface area (TPSA) is 84.4 Å². The van der Waals surface area contributed by atoms with Crippen LogP contribution in [0.25, 0.3) is 22.0 Å². The van der Waals surface area contributed by atoms with Gasteiger partial charge in [-0.3, -0.25) is 19.5 Å². The Morgan fingerprint density at radius 3 is 2.16 bits per heavy atom. The minimum Gasteiger partial charge on any atom is -0.279 e. The van der Waals surface area contributed by atoms with E-state index in [-0.39, 0.29) is 11.8 Å². The van der Waals surface area contributed by atoms with E-state index in [2.05, 4.69) is 20.9 Å². The van der Waals surface area contributed by atoms with Crippen molar-refractivity contribution in [1.82, 2.24) is 9.88 Å². The number of imide groups is 1. The lowest BCUT2D eigenvalue weighted by Gasteiger charge is -2.19. The number of hydrogen-bond donors (Lipinski definition) is 0. The molecule has 2 amide bonds. The van der Waals surface area contributed by atoms with E-state index in [1.54, 1.807) is 37.4 Å². The van der Waals surface area contributed by atoms with E-state index < -0.39 is 9.84 Å². The van der Waals surface area contributed by atoms with Gasteiger partial charge >= 0.3 is 0 Å². The fourth-order valence-electron chi connectivity index (χ4n) is 3.65. The first-order chi connectivity index (χ1) is 17.6. The summed E-state index contributed by atoms with van der Waals surface area (Å²) < 4.78 is 23.7. The van der Waals surface area contributed by atoms with Crippen molar-refractivity contribution in [3.05, 3.63) is 95.1 Å². The van der Waals surface area contributed by atoms with Crippen LogP contribution < -0.4 is 0 Å². The second-order valence-corrected chi connectivity index (χ2v) is 11.4. The number of nitrogens with zero attached hydrogens (tertiary/aromatic N) is 2. The molecule has 0 bridgehead atoms. The molecule has 4 aromatic rings. The molecule has 1 heterocycles. The second-order valence-electron chi connectivity index (χ2n) is 8.42. The second kappa shape index (κ2) is 12.7. The molecule has 8 heteroatoms. The molecule has 0 saturated heterocycles. The van der Waals surface area contributed by atoms with Crippen LogP contribution in [0, 0.1) is 0 Å². The van der Waals surface area contributed by atoms with Gasteiger partial charge in [-0.2, -0.15) is 0 Å². The summed E-state index contributed by atoms with van der Waals surface area (Å²) in [6.45, 7) is 4.17. The molecular formula is C29H29BrN2O4S. The maximum absolute atomic E-state index is 12.5. The molecule has 0 N–H and O–H groups in total. The molecule has 0 spiro atoms. The van der Waals surface area contributed by atoms with Crippen LogP contribution in [0.1, 0.15) is 37.0 Å². The molecule has 0 atom stereocenters. The van der Waals surface area contributed by atoms with Crippen molar-refractivity contribution in [2.75, 3.05) is 12.8 Å². The van der Waals surface area contributed by atoms with Crippen molar-refractivity contribution < 1.29 is 18.0 Å². The van der Waals surface area contributed by atoms with Crippen molar-refractivity contribution in [1.29, 1.82) is 0 Å². The van der Waals surface area contributed by atoms with Gasteiger partial charge in [-0.25, -0.2) is 8.42 Å². The van der Waals surface area contributed by atoms with Crippen LogP contribution in [-0.4, -0.2) is 42.9 Å². The van der Waals surface area contributed by atoms with Crippen molar-refractivity contribution in [3.8, 4) is 11.3 Å². The lowest BCUT2D eigenvalue weighted by atomic mass is 10.1. The van der Waals surface area contributed by atoms with Crippen LogP contribution in [0.2, 0.25) is 0 Å². The van der Waals surface area contributed by atoms with Crippen LogP contribution in [0.5, 0.6) is 0 Å². The predicted octanol–water partition coefficient (Wildman–Crippen LogP) is 6.54. The zero-order valence-electron chi connectivity index (χ0n) is 21.0. The van der Waals surface area contributed by atoms with Gasteiger partial charge < -0.3 is 0 Å². The van der Waals surface area contributed by atoms with Crippen LogP contribution in [0.3, 0.4) is 0 Å². The fraction of sp³-hybridized carbons (Fsp3) is 0.207. The Labute approximate surface area is 226 Å². The summed E-state index contributed by atoms with van der Waals surface area (Å²) >= 11 is 3.37. The van der Waals surface area contributed by atoms with Gasteiger partial charge in [0.25, 0.3) is 5.91 Å². The van der Waals surface area contributed by atoms with E-state index in [9.17, 15) is 18.0 Å². The number of amides is 2. The number of aromatic nitrogens is 1. The standard InChI is InChI=1S/C18H20N2O2.C11H9BrO2S/c1-3-13-20(17(21)4-2)18(22)15-10-8-14(9-11-15)16-7-5-6-12-19-16;1-15(13,14)11-5-3-8-6-10(12)4-2-9(8)7-11/h5-12H,3-4,13H2,1-2H3;2-7H,1H3. The van der Waals surface area contributed by atoms with Crippen LogP contribution >= 0.6 is 15.9 Å². The highest BCUT2D eigenvalue weighted by Crippen LogP contribution is 2.23. The SMILES string of the molecule is CCCN(C(=O)CC)C(=O)c1ccc(-c2ccccn2)cc1.CS(=O)(=O)c1ccc2cc(Br)ccc2c1. The number of rotatable bonds is 6. The van der Waals surface area contributed by atoms with E-state index >= 15 is 0 Å². The molecule has 6 nitrogen and oxygen atoms in total. The summed E-state index contributed by atoms with van der Waals surface area (Å²) in [4.78, 5) is 30.3. The lowest BCUT2D eigenvalue weighted by Crippen LogP contribution is -2.37. The molecule has 4 rings (SSSR count). The Kier molecular flexibility index (Phi) is 9.72. The van der Waals surface area contributed by atoms with Crippen LogP contribution in [0.15, 0.2) is 94.4 Å². The largest absolute Gasteiger partial charge is 0.279 e. The first kappa shape index (κ1) is 28.2. The Morgan fingerprint density at radius 2 is 1.57 bits per heavy atom. The number of fused-ring (bicyclic) bond motifs is 1. The normalized spacial score (nSPS) is 10.9. The number of pyridine rings is 1. The van der Waals surface area contributed by atoms with Gasteiger partial charge in [0, 0.05) is 41.0 Å². The predicted molar refractivity (Wildman–Crippen MR) is 151 cm³/mol. The fourth-order valence-corrected chi connectivity index (χ4v) is 4.69. The first-order valence-electron chi connectivity index (χ1n) is 11.9.